The number of amides is 1. The maximum absolute atomic E-state index is 12.1. The predicted octanol–water partition coefficient (Wildman–Crippen LogP) is 4.75. The van der Waals surface area contributed by atoms with Crippen molar-refractivity contribution in [3.8, 4) is 0 Å². The van der Waals surface area contributed by atoms with Crippen molar-refractivity contribution in [2.75, 3.05) is 0 Å². The molecule has 0 aliphatic heterocycles. The smallest absolute Gasteiger partial charge is 0.408 e. The Bertz CT molecular complexity index is 636. The molecule has 0 saturated heterocycles. The van der Waals surface area contributed by atoms with E-state index in [0.29, 0.717) is 6.61 Å². The molecule has 0 radical (unpaired) electrons. The second kappa shape index (κ2) is 6.53. The third-order valence-electron chi connectivity index (χ3n) is 4.16. The summed E-state index contributed by atoms with van der Waals surface area (Å²) >= 11 is 3.44. The monoisotopic (exact) mass is 359 g/mol. The molecule has 22 heavy (non-hydrogen) atoms. The average molecular weight is 360 g/mol. The van der Waals surface area contributed by atoms with Gasteiger partial charge in [0, 0.05) is 4.47 Å². The zero-order valence-electron chi connectivity index (χ0n) is 12.2. The molecule has 4 heteroatoms. The molecule has 2 aromatic carbocycles. The van der Waals surface area contributed by atoms with Crippen LogP contribution in [0.25, 0.3) is 0 Å². The van der Waals surface area contributed by atoms with Crippen LogP contribution < -0.4 is 5.32 Å². The highest BCUT2D eigenvalue weighted by Crippen LogP contribution is 2.41. The van der Waals surface area contributed by atoms with Gasteiger partial charge in [0.05, 0.1) is 5.54 Å². The number of hydrogen-bond acceptors (Lipinski definition) is 2. The summed E-state index contributed by atoms with van der Waals surface area (Å²) in [6.07, 6.45) is 2.67. The van der Waals surface area contributed by atoms with Gasteiger partial charge in [0.25, 0.3) is 0 Å². The maximum atomic E-state index is 12.1. The number of carbonyl (C=O) groups excluding carboxylic acids is 1. The second-order valence-corrected chi connectivity index (χ2v) is 6.54. The number of nitrogens with one attached hydrogen (secondary N) is 1. The summed E-state index contributed by atoms with van der Waals surface area (Å²) in [6, 6.07) is 17.8. The zero-order valence-corrected chi connectivity index (χ0v) is 13.8. The number of halogens is 1. The molecule has 0 unspecified atom stereocenters. The lowest BCUT2D eigenvalue weighted by molar-refractivity contribution is 0.106. The van der Waals surface area contributed by atoms with E-state index in [-0.39, 0.29) is 11.6 Å². The Balaban J connectivity index is 1.62. The van der Waals surface area contributed by atoms with Crippen LogP contribution in [0.2, 0.25) is 0 Å². The molecular weight excluding hydrogens is 342 g/mol. The van der Waals surface area contributed by atoms with Gasteiger partial charge < -0.3 is 10.1 Å². The van der Waals surface area contributed by atoms with E-state index in [9.17, 15) is 4.79 Å². The van der Waals surface area contributed by atoms with Crippen LogP contribution in [-0.4, -0.2) is 6.09 Å². The summed E-state index contributed by atoms with van der Waals surface area (Å²) in [6.45, 7) is 0.295. The van der Waals surface area contributed by atoms with Gasteiger partial charge in [-0.2, -0.15) is 0 Å². The number of hydrogen-bond donors (Lipinski definition) is 1. The first kappa shape index (κ1) is 15.1. The van der Waals surface area contributed by atoms with E-state index in [2.05, 4.69) is 33.4 Å². The van der Waals surface area contributed by atoms with Crippen LogP contribution in [0, 0.1) is 0 Å². The highest BCUT2D eigenvalue weighted by atomic mass is 79.9. The number of alkyl carbamates (subject to hydrolysis) is 1. The van der Waals surface area contributed by atoms with E-state index in [1.165, 1.54) is 0 Å². The minimum atomic E-state index is -0.355. The Kier molecular flexibility index (Phi) is 4.48. The maximum Gasteiger partial charge on any atom is 0.408 e. The van der Waals surface area contributed by atoms with E-state index in [1.54, 1.807) is 0 Å². The van der Waals surface area contributed by atoms with Crippen molar-refractivity contribution < 1.29 is 9.53 Å². The van der Waals surface area contributed by atoms with Crippen molar-refractivity contribution in [1.82, 2.24) is 5.32 Å². The number of benzene rings is 2. The topological polar surface area (TPSA) is 38.3 Å². The molecule has 1 fully saturated rings. The lowest BCUT2D eigenvalue weighted by Gasteiger charge is -2.42. The van der Waals surface area contributed by atoms with Crippen molar-refractivity contribution in [3.05, 3.63) is 70.2 Å². The molecule has 114 valence electrons. The Morgan fingerprint density at radius 1 is 1.09 bits per heavy atom. The molecule has 1 saturated carbocycles. The molecule has 0 bridgehead atoms. The van der Waals surface area contributed by atoms with Crippen molar-refractivity contribution in [1.29, 1.82) is 0 Å². The van der Waals surface area contributed by atoms with Crippen LogP contribution in [-0.2, 0) is 16.9 Å². The molecule has 0 heterocycles. The molecule has 0 aromatic heterocycles. The van der Waals surface area contributed by atoms with Crippen LogP contribution in [0.15, 0.2) is 59.1 Å². The molecule has 3 rings (SSSR count). The molecule has 1 aliphatic rings. The van der Waals surface area contributed by atoms with E-state index in [4.69, 9.17) is 4.74 Å². The minimum Gasteiger partial charge on any atom is -0.445 e. The highest BCUT2D eigenvalue weighted by molar-refractivity contribution is 9.10. The van der Waals surface area contributed by atoms with Crippen molar-refractivity contribution >= 4 is 22.0 Å². The fourth-order valence-electron chi connectivity index (χ4n) is 2.74. The lowest BCUT2D eigenvalue weighted by Crippen LogP contribution is -2.50. The first-order valence-corrected chi connectivity index (χ1v) is 8.22. The van der Waals surface area contributed by atoms with Crippen LogP contribution >= 0.6 is 15.9 Å². The van der Waals surface area contributed by atoms with Crippen molar-refractivity contribution in [2.45, 2.75) is 31.4 Å². The number of carbonyl (C=O) groups is 1. The van der Waals surface area contributed by atoms with Gasteiger partial charge in [-0.3, -0.25) is 0 Å². The molecular formula is C18H18BrNO2. The first-order chi connectivity index (χ1) is 10.7. The van der Waals surface area contributed by atoms with Crippen LogP contribution in [0.5, 0.6) is 0 Å². The van der Waals surface area contributed by atoms with Gasteiger partial charge >= 0.3 is 6.09 Å². The SMILES string of the molecule is O=C(NC1(c2ccc(Br)cc2)CCC1)OCc1ccccc1. The number of rotatable bonds is 4. The fraction of sp³-hybridized carbons (Fsp3) is 0.278. The minimum absolute atomic E-state index is 0.269. The van der Waals surface area contributed by atoms with E-state index in [1.807, 2.05) is 42.5 Å². The summed E-state index contributed by atoms with van der Waals surface area (Å²) in [5, 5.41) is 3.06. The zero-order chi connectivity index (χ0) is 15.4. The van der Waals surface area contributed by atoms with E-state index in [0.717, 1.165) is 34.9 Å². The Morgan fingerprint density at radius 2 is 1.77 bits per heavy atom. The molecule has 3 nitrogen and oxygen atoms in total. The van der Waals surface area contributed by atoms with Crippen molar-refractivity contribution in [2.24, 2.45) is 0 Å². The van der Waals surface area contributed by atoms with Gasteiger partial charge in [-0.1, -0.05) is 58.4 Å². The Hall–Kier alpha value is -1.81. The van der Waals surface area contributed by atoms with Gasteiger partial charge in [0.1, 0.15) is 6.61 Å². The molecule has 0 spiro atoms. The summed E-state index contributed by atoms with van der Waals surface area (Å²) in [5.74, 6) is 0. The summed E-state index contributed by atoms with van der Waals surface area (Å²) in [4.78, 5) is 12.1. The first-order valence-electron chi connectivity index (χ1n) is 7.43. The molecule has 1 N–H and O–H groups in total. The van der Waals surface area contributed by atoms with Gasteiger partial charge in [0.15, 0.2) is 0 Å². The molecule has 0 atom stereocenters. The van der Waals surface area contributed by atoms with Gasteiger partial charge in [0.2, 0.25) is 0 Å². The number of ether oxygens (including phenoxy) is 1. The summed E-state index contributed by atoms with van der Waals surface area (Å²) < 4.78 is 6.38. The summed E-state index contributed by atoms with van der Waals surface area (Å²) in [5.41, 5.74) is 1.86. The van der Waals surface area contributed by atoms with Gasteiger partial charge in [-0.05, 0) is 42.5 Å². The highest BCUT2D eigenvalue weighted by Gasteiger charge is 2.40. The summed E-state index contributed by atoms with van der Waals surface area (Å²) in [7, 11) is 0. The van der Waals surface area contributed by atoms with Crippen molar-refractivity contribution in [3.63, 3.8) is 0 Å². The third-order valence-corrected chi connectivity index (χ3v) is 4.69. The normalized spacial score (nSPS) is 15.7. The molecule has 1 aliphatic carbocycles. The third kappa shape index (κ3) is 3.33. The standard InChI is InChI=1S/C18H18BrNO2/c19-16-9-7-15(8-10-16)18(11-4-12-18)20-17(21)22-13-14-5-2-1-3-6-14/h1-3,5-10H,4,11-13H2,(H,20,21). The van der Waals surface area contributed by atoms with Crippen LogP contribution in [0.1, 0.15) is 30.4 Å². The van der Waals surface area contributed by atoms with E-state index >= 15 is 0 Å². The fourth-order valence-corrected chi connectivity index (χ4v) is 3.00. The quantitative estimate of drug-likeness (QED) is 0.854. The van der Waals surface area contributed by atoms with E-state index < -0.39 is 0 Å². The average Bonchev–Trinajstić information content (AvgIpc) is 2.51. The largest absolute Gasteiger partial charge is 0.445 e. The second-order valence-electron chi connectivity index (χ2n) is 5.63. The van der Waals surface area contributed by atoms with Gasteiger partial charge in [-0.25, -0.2) is 4.79 Å². The van der Waals surface area contributed by atoms with Gasteiger partial charge in [-0.15, -0.1) is 0 Å². The Labute approximate surface area is 138 Å². The predicted molar refractivity (Wildman–Crippen MR) is 89.4 cm³/mol. The van der Waals surface area contributed by atoms with Crippen LogP contribution in [0.3, 0.4) is 0 Å². The molecule has 1 amide bonds. The van der Waals surface area contributed by atoms with Crippen LogP contribution in [0.4, 0.5) is 4.79 Å². The molecule has 2 aromatic rings. The Morgan fingerprint density at radius 3 is 2.36 bits per heavy atom. The lowest BCUT2D eigenvalue weighted by atomic mass is 9.72.